The minimum atomic E-state index is -4.48. The zero-order valence-electron chi connectivity index (χ0n) is 19.1. The summed E-state index contributed by atoms with van der Waals surface area (Å²) in [6.45, 7) is 0.664. The number of nitrogens with one attached hydrogen (secondary N) is 2. The predicted molar refractivity (Wildman–Crippen MR) is 123 cm³/mol. The van der Waals surface area contributed by atoms with Crippen LogP contribution in [0.3, 0.4) is 0 Å². The summed E-state index contributed by atoms with van der Waals surface area (Å²) in [5.74, 6) is 0.162. The van der Waals surface area contributed by atoms with Crippen LogP contribution in [-0.4, -0.2) is 65.0 Å². The van der Waals surface area contributed by atoms with E-state index in [2.05, 4.69) is 25.4 Å². The summed E-state index contributed by atoms with van der Waals surface area (Å²) in [6, 6.07) is 2.65. The van der Waals surface area contributed by atoms with Crippen LogP contribution in [0, 0.1) is 0 Å². The lowest BCUT2D eigenvalue weighted by Gasteiger charge is -2.25. The summed E-state index contributed by atoms with van der Waals surface area (Å²) < 4.78 is 41.4. The number of pyridine rings is 2. The third-order valence-electron chi connectivity index (χ3n) is 5.42. The summed E-state index contributed by atoms with van der Waals surface area (Å²) in [4.78, 5) is 32.5. The highest BCUT2D eigenvalue weighted by atomic mass is 35.5. The number of ether oxygens (including phenoxy) is 1. The number of amides is 1. The van der Waals surface area contributed by atoms with Crippen LogP contribution in [0.15, 0.2) is 36.8 Å². The summed E-state index contributed by atoms with van der Waals surface area (Å²) in [6.07, 6.45) is 2.87. The molecule has 0 saturated carbocycles. The molecule has 9 nitrogen and oxygen atoms in total. The Balaban J connectivity index is 0.000000363. The van der Waals surface area contributed by atoms with Gasteiger partial charge in [0.1, 0.15) is 23.2 Å². The Labute approximate surface area is 204 Å². The van der Waals surface area contributed by atoms with Gasteiger partial charge in [-0.1, -0.05) is 11.6 Å². The molecular formula is C22H24ClF3N6O3. The molecule has 35 heavy (non-hydrogen) atoms. The number of aldehydes is 1. The average molecular weight is 513 g/mol. The summed E-state index contributed by atoms with van der Waals surface area (Å²) in [7, 11) is 3.54. The molecule has 4 heterocycles. The number of likely N-dealkylation sites (N-methyl/N-ethyl adjacent to an activating group) is 1. The number of aromatic nitrogens is 2. The molecule has 0 radical (unpaired) electrons. The Morgan fingerprint density at radius 2 is 2.14 bits per heavy atom. The number of hydrogen-bond acceptors (Lipinski definition) is 8. The van der Waals surface area contributed by atoms with Crippen molar-refractivity contribution in [2.75, 3.05) is 26.0 Å². The van der Waals surface area contributed by atoms with E-state index in [1.54, 1.807) is 48.4 Å². The van der Waals surface area contributed by atoms with Crippen LogP contribution in [0.1, 0.15) is 34.5 Å². The summed E-state index contributed by atoms with van der Waals surface area (Å²) in [5, 5.41) is 4.64. The van der Waals surface area contributed by atoms with E-state index in [1.165, 1.54) is 12.3 Å². The Morgan fingerprint density at radius 1 is 1.40 bits per heavy atom. The maximum absolute atomic E-state index is 12.7. The Morgan fingerprint density at radius 3 is 2.69 bits per heavy atom. The van der Waals surface area contributed by atoms with Crippen LogP contribution in [-0.2, 0) is 11.3 Å². The van der Waals surface area contributed by atoms with Gasteiger partial charge in [-0.25, -0.2) is 15.0 Å². The largest absolute Gasteiger partial charge is 0.467 e. The first kappa shape index (κ1) is 26.2. The van der Waals surface area contributed by atoms with Crippen molar-refractivity contribution < 1.29 is 27.5 Å². The summed E-state index contributed by atoms with van der Waals surface area (Å²) >= 11 is 6.00. The van der Waals surface area contributed by atoms with Crippen molar-refractivity contribution in [1.82, 2.24) is 25.3 Å². The molecule has 13 heteroatoms. The standard InChI is InChI=1S/C17H16ClF3N4O2.C5H8N2O/c1-9(10-5-13(18)15(24-6-10)27-8-17(19,20)21)25-7-12-11(16(25)26)3-4-23-14(12)22-2;1-7-5(4-8)2-3-6-7/h3-6,9H,7-8H2,1-2H3,(H,22,23);2-6H,1H3. The van der Waals surface area contributed by atoms with Crippen molar-refractivity contribution in [3.05, 3.63) is 58.5 Å². The van der Waals surface area contributed by atoms with Gasteiger partial charge in [0.05, 0.1) is 12.6 Å². The van der Waals surface area contributed by atoms with Gasteiger partial charge < -0.3 is 25.2 Å². The highest BCUT2D eigenvalue weighted by Crippen LogP contribution is 2.35. The molecule has 0 aliphatic carbocycles. The van der Waals surface area contributed by atoms with Gasteiger partial charge in [-0.05, 0) is 30.7 Å². The number of carbonyl (C=O) groups excluding carboxylic acids is 2. The van der Waals surface area contributed by atoms with Gasteiger partial charge in [0, 0.05) is 43.8 Å². The quantitative estimate of drug-likeness (QED) is 0.569. The monoisotopic (exact) mass is 512 g/mol. The van der Waals surface area contributed by atoms with Crippen molar-refractivity contribution in [1.29, 1.82) is 0 Å². The third-order valence-corrected chi connectivity index (χ3v) is 5.69. The van der Waals surface area contributed by atoms with Crippen LogP contribution >= 0.6 is 11.6 Å². The minimum absolute atomic E-state index is 0.0506. The predicted octanol–water partition coefficient (Wildman–Crippen LogP) is 3.35. The van der Waals surface area contributed by atoms with E-state index < -0.39 is 18.8 Å². The van der Waals surface area contributed by atoms with Crippen LogP contribution in [0.5, 0.6) is 5.88 Å². The van der Waals surface area contributed by atoms with Crippen LogP contribution < -0.4 is 15.5 Å². The second-order valence-electron chi connectivity index (χ2n) is 7.73. The SMILES string of the molecule is CN1NC=CC1C=O.CNc1nccc2c1CN(C(C)c1cnc(OCC(F)(F)F)c(Cl)c1)C2=O. The molecule has 2 aliphatic heterocycles. The number of hydrazine groups is 1. The molecule has 4 rings (SSSR count). The molecule has 1 amide bonds. The van der Waals surface area contributed by atoms with E-state index in [0.29, 0.717) is 23.5 Å². The van der Waals surface area contributed by atoms with E-state index in [9.17, 15) is 22.8 Å². The zero-order valence-corrected chi connectivity index (χ0v) is 19.9. The van der Waals surface area contributed by atoms with Gasteiger partial charge in [0.25, 0.3) is 5.91 Å². The van der Waals surface area contributed by atoms with Crippen LogP contribution in [0.25, 0.3) is 0 Å². The first-order valence-electron chi connectivity index (χ1n) is 10.5. The number of alkyl halides is 3. The molecule has 0 fully saturated rings. The van der Waals surface area contributed by atoms with Crippen molar-refractivity contribution >= 4 is 29.6 Å². The topological polar surface area (TPSA) is 99.7 Å². The molecule has 2 aliphatic rings. The van der Waals surface area contributed by atoms with E-state index in [4.69, 9.17) is 11.6 Å². The zero-order chi connectivity index (χ0) is 25.8. The average Bonchev–Trinajstić information content (AvgIpc) is 3.40. The lowest BCUT2D eigenvalue weighted by atomic mass is 10.1. The maximum atomic E-state index is 12.7. The van der Waals surface area contributed by atoms with E-state index >= 15 is 0 Å². The molecule has 2 unspecified atom stereocenters. The number of anilines is 1. The lowest BCUT2D eigenvalue weighted by Crippen LogP contribution is -2.33. The van der Waals surface area contributed by atoms with Crippen molar-refractivity contribution in [2.24, 2.45) is 0 Å². The van der Waals surface area contributed by atoms with E-state index in [-0.39, 0.29) is 22.9 Å². The van der Waals surface area contributed by atoms with Crippen LogP contribution in [0.4, 0.5) is 19.0 Å². The van der Waals surface area contributed by atoms with Gasteiger partial charge in [-0.2, -0.15) is 13.2 Å². The van der Waals surface area contributed by atoms with Gasteiger partial charge in [0.2, 0.25) is 5.88 Å². The first-order chi connectivity index (χ1) is 16.6. The molecular weight excluding hydrogens is 489 g/mol. The normalized spacial score (nSPS) is 17.9. The number of halogens is 4. The third kappa shape index (κ3) is 6.20. The Hall–Kier alpha value is -3.38. The highest BCUT2D eigenvalue weighted by molar-refractivity contribution is 6.31. The van der Waals surface area contributed by atoms with Gasteiger partial charge >= 0.3 is 6.18 Å². The van der Waals surface area contributed by atoms with Crippen molar-refractivity contribution in [2.45, 2.75) is 31.7 Å². The molecule has 2 N–H and O–H groups in total. The molecule has 2 aromatic rings. The molecule has 2 atom stereocenters. The minimum Gasteiger partial charge on any atom is -0.467 e. The number of hydrogen-bond donors (Lipinski definition) is 2. The Kier molecular flexibility index (Phi) is 8.18. The molecule has 188 valence electrons. The number of carbonyl (C=O) groups is 2. The first-order valence-corrected chi connectivity index (χ1v) is 10.9. The van der Waals surface area contributed by atoms with Crippen LogP contribution in [0.2, 0.25) is 5.02 Å². The molecule has 0 aromatic carbocycles. The second kappa shape index (κ2) is 10.9. The number of rotatable bonds is 6. The maximum Gasteiger partial charge on any atom is 0.422 e. The van der Waals surface area contributed by atoms with Gasteiger partial charge in [-0.15, -0.1) is 0 Å². The Bertz CT molecular complexity index is 1110. The molecule has 2 aromatic heterocycles. The van der Waals surface area contributed by atoms with Crippen molar-refractivity contribution in [3.63, 3.8) is 0 Å². The van der Waals surface area contributed by atoms with Crippen molar-refractivity contribution in [3.8, 4) is 5.88 Å². The fourth-order valence-electron chi connectivity index (χ4n) is 3.49. The fourth-order valence-corrected chi connectivity index (χ4v) is 3.72. The smallest absolute Gasteiger partial charge is 0.422 e. The second-order valence-corrected chi connectivity index (χ2v) is 8.14. The van der Waals surface area contributed by atoms with Gasteiger partial charge in [0.15, 0.2) is 6.61 Å². The molecule has 0 saturated heterocycles. The lowest BCUT2D eigenvalue weighted by molar-refractivity contribution is -0.154. The molecule has 0 spiro atoms. The molecule has 0 bridgehead atoms. The number of fused-ring (bicyclic) bond motifs is 1. The van der Waals surface area contributed by atoms with E-state index in [1.807, 2.05) is 7.05 Å². The number of nitrogens with zero attached hydrogens (tertiary/aromatic N) is 4. The summed E-state index contributed by atoms with van der Waals surface area (Å²) in [5.41, 5.74) is 4.78. The fraction of sp³-hybridized carbons (Fsp3) is 0.364. The highest BCUT2D eigenvalue weighted by Gasteiger charge is 2.34. The van der Waals surface area contributed by atoms with E-state index in [0.717, 1.165) is 11.8 Å². The van der Waals surface area contributed by atoms with Gasteiger partial charge in [-0.3, -0.25) is 4.79 Å².